The molecule has 5 rings (SSSR count). The molecular formula is C27H25NO5. The molecule has 0 bridgehead atoms. The first kappa shape index (κ1) is 21.1. The van der Waals surface area contributed by atoms with E-state index < -0.39 is 12.1 Å². The zero-order valence-corrected chi connectivity index (χ0v) is 18.1. The van der Waals surface area contributed by atoms with Gasteiger partial charge in [0.25, 0.3) is 0 Å². The minimum Gasteiger partial charge on any atom is -0.493 e. The molecule has 1 aliphatic heterocycles. The molecule has 1 unspecified atom stereocenters. The molecule has 0 saturated heterocycles. The van der Waals surface area contributed by atoms with Crippen LogP contribution in [0.5, 0.6) is 5.75 Å². The molecule has 3 aromatic carbocycles. The van der Waals surface area contributed by atoms with Crippen molar-refractivity contribution in [2.45, 2.75) is 24.7 Å². The maximum Gasteiger partial charge on any atom is 0.407 e. The van der Waals surface area contributed by atoms with Gasteiger partial charge < -0.3 is 19.9 Å². The molecular weight excluding hydrogens is 418 g/mol. The Bertz CT molecular complexity index is 1160. The average molecular weight is 443 g/mol. The van der Waals surface area contributed by atoms with Gasteiger partial charge in [-0.2, -0.15) is 0 Å². The second-order valence-electron chi connectivity index (χ2n) is 8.47. The summed E-state index contributed by atoms with van der Waals surface area (Å²) in [5.74, 6) is -0.438. The van der Waals surface area contributed by atoms with E-state index in [1.165, 1.54) is 11.1 Å². The van der Waals surface area contributed by atoms with Crippen LogP contribution in [-0.4, -0.2) is 36.9 Å². The first-order valence-corrected chi connectivity index (χ1v) is 11.2. The molecule has 6 heteroatoms. The lowest BCUT2D eigenvalue weighted by Gasteiger charge is -2.18. The van der Waals surface area contributed by atoms with Crippen molar-refractivity contribution in [3.05, 3.63) is 89.0 Å². The van der Waals surface area contributed by atoms with Crippen LogP contribution in [-0.2, 0) is 16.0 Å². The molecule has 6 nitrogen and oxygen atoms in total. The number of carbonyl (C=O) groups excluding carboxylic acids is 1. The van der Waals surface area contributed by atoms with Crippen LogP contribution in [0.15, 0.2) is 66.7 Å². The third kappa shape index (κ3) is 4.29. The Morgan fingerprint density at radius 1 is 1.03 bits per heavy atom. The van der Waals surface area contributed by atoms with Gasteiger partial charge in [-0.05, 0) is 39.4 Å². The van der Waals surface area contributed by atoms with Crippen LogP contribution in [0.25, 0.3) is 11.1 Å². The van der Waals surface area contributed by atoms with Crippen molar-refractivity contribution in [3.8, 4) is 16.9 Å². The van der Waals surface area contributed by atoms with Gasteiger partial charge in [-0.3, -0.25) is 4.79 Å². The van der Waals surface area contributed by atoms with Crippen molar-refractivity contribution in [3.63, 3.8) is 0 Å². The highest BCUT2D eigenvalue weighted by atomic mass is 16.5. The summed E-state index contributed by atoms with van der Waals surface area (Å²) in [6.45, 7) is 1.04. The number of rotatable bonds is 7. The normalized spacial score (nSPS) is 14.5. The van der Waals surface area contributed by atoms with E-state index in [9.17, 15) is 14.7 Å². The Morgan fingerprint density at radius 3 is 2.42 bits per heavy atom. The summed E-state index contributed by atoms with van der Waals surface area (Å²) >= 11 is 0. The number of ether oxygens (including phenoxy) is 2. The first-order valence-electron chi connectivity index (χ1n) is 11.2. The van der Waals surface area contributed by atoms with Crippen LogP contribution >= 0.6 is 0 Å². The second-order valence-corrected chi connectivity index (χ2v) is 8.47. The fourth-order valence-electron chi connectivity index (χ4n) is 4.84. The van der Waals surface area contributed by atoms with Crippen LogP contribution in [0.3, 0.4) is 0 Å². The number of nitrogens with one attached hydrogen (secondary N) is 1. The highest BCUT2D eigenvalue weighted by Crippen LogP contribution is 2.44. The number of hydrogen-bond acceptors (Lipinski definition) is 4. The Kier molecular flexibility index (Phi) is 5.73. The minimum atomic E-state index is -0.911. The maximum absolute atomic E-state index is 12.5. The molecule has 2 aliphatic rings. The van der Waals surface area contributed by atoms with E-state index in [1.807, 2.05) is 42.5 Å². The van der Waals surface area contributed by atoms with Crippen molar-refractivity contribution < 1.29 is 24.2 Å². The third-order valence-electron chi connectivity index (χ3n) is 6.44. The molecule has 0 saturated carbocycles. The number of carboxylic acids is 1. The molecule has 1 aliphatic carbocycles. The van der Waals surface area contributed by atoms with Crippen molar-refractivity contribution in [2.75, 3.05) is 19.8 Å². The summed E-state index contributed by atoms with van der Waals surface area (Å²) in [6.07, 6.45) is 0.184. The molecule has 1 heterocycles. The van der Waals surface area contributed by atoms with Gasteiger partial charge >= 0.3 is 12.1 Å². The van der Waals surface area contributed by atoms with Gasteiger partial charge in [0.1, 0.15) is 12.4 Å². The van der Waals surface area contributed by atoms with Gasteiger partial charge in [0.2, 0.25) is 0 Å². The zero-order chi connectivity index (χ0) is 22.8. The SMILES string of the molecule is O=C(O)CC(CNC(=O)OCC1c2ccccc2-c2ccccc21)c1ccc2c(c1)CCO2. The number of alkyl carbamates (subject to hydrolysis) is 1. The largest absolute Gasteiger partial charge is 0.493 e. The summed E-state index contributed by atoms with van der Waals surface area (Å²) in [4.78, 5) is 24.0. The van der Waals surface area contributed by atoms with Crippen molar-refractivity contribution >= 4 is 12.1 Å². The third-order valence-corrected chi connectivity index (χ3v) is 6.44. The quantitative estimate of drug-likeness (QED) is 0.552. The molecule has 0 fully saturated rings. The summed E-state index contributed by atoms with van der Waals surface area (Å²) in [5.41, 5.74) is 6.59. The van der Waals surface area contributed by atoms with Crippen LogP contribution < -0.4 is 10.1 Å². The molecule has 33 heavy (non-hydrogen) atoms. The monoisotopic (exact) mass is 443 g/mol. The fraction of sp³-hybridized carbons (Fsp3) is 0.259. The van der Waals surface area contributed by atoms with Crippen molar-refractivity contribution in [1.82, 2.24) is 5.32 Å². The minimum absolute atomic E-state index is 0.0188. The zero-order valence-electron chi connectivity index (χ0n) is 18.1. The molecule has 2 N–H and O–H groups in total. The number of amides is 1. The molecule has 1 atom stereocenters. The van der Waals surface area contributed by atoms with Crippen LogP contribution in [0, 0.1) is 0 Å². The Hall–Kier alpha value is -3.80. The molecule has 168 valence electrons. The smallest absolute Gasteiger partial charge is 0.407 e. The Labute approximate surface area is 192 Å². The highest BCUT2D eigenvalue weighted by molar-refractivity contribution is 5.79. The Morgan fingerprint density at radius 2 is 1.73 bits per heavy atom. The number of aliphatic carboxylic acids is 1. The maximum atomic E-state index is 12.5. The van der Waals surface area contributed by atoms with E-state index in [0.29, 0.717) is 6.61 Å². The number of benzene rings is 3. The summed E-state index contributed by atoms with van der Waals surface area (Å²) < 4.78 is 11.1. The topological polar surface area (TPSA) is 84.9 Å². The lowest BCUT2D eigenvalue weighted by Crippen LogP contribution is -2.31. The molecule has 0 spiro atoms. The van der Waals surface area contributed by atoms with Gasteiger partial charge in [0.05, 0.1) is 13.0 Å². The Balaban J connectivity index is 1.24. The van der Waals surface area contributed by atoms with E-state index in [1.54, 1.807) is 0 Å². The number of carbonyl (C=O) groups is 2. The molecule has 0 radical (unpaired) electrons. The molecule has 1 amide bonds. The number of carboxylic acid groups (broad SMARTS) is 1. The van der Waals surface area contributed by atoms with E-state index in [4.69, 9.17) is 9.47 Å². The lowest BCUT2D eigenvalue weighted by molar-refractivity contribution is -0.137. The average Bonchev–Trinajstić information content (AvgIpc) is 3.42. The number of fused-ring (bicyclic) bond motifs is 4. The van der Waals surface area contributed by atoms with Crippen molar-refractivity contribution in [1.29, 1.82) is 0 Å². The van der Waals surface area contributed by atoms with E-state index in [2.05, 4.69) is 29.6 Å². The predicted molar refractivity (Wildman–Crippen MR) is 124 cm³/mol. The summed E-state index contributed by atoms with van der Waals surface area (Å²) in [5, 5.41) is 12.1. The standard InChI is InChI=1S/C27H25NO5/c29-26(30)14-19(17-9-10-25-18(13-17)11-12-32-25)15-28-27(31)33-16-24-22-7-3-1-5-20(22)21-6-2-4-8-23(21)24/h1-10,13,19,24H,11-12,14-16H2,(H,28,31)(H,29,30). The van der Waals surface area contributed by atoms with Gasteiger partial charge in [-0.1, -0.05) is 60.7 Å². The second kappa shape index (κ2) is 8.98. The number of hydrogen-bond donors (Lipinski definition) is 2. The van der Waals surface area contributed by atoms with Gasteiger partial charge in [-0.15, -0.1) is 0 Å². The van der Waals surface area contributed by atoms with Crippen molar-refractivity contribution in [2.24, 2.45) is 0 Å². The van der Waals surface area contributed by atoms with Gasteiger partial charge in [0.15, 0.2) is 0 Å². The summed E-state index contributed by atoms with van der Waals surface area (Å²) in [7, 11) is 0. The fourth-order valence-corrected chi connectivity index (χ4v) is 4.84. The van der Waals surface area contributed by atoms with E-state index in [-0.39, 0.29) is 31.4 Å². The van der Waals surface area contributed by atoms with Crippen LogP contribution in [0.4, 0.5) is 4.79 Å². The predicted octanol–water partition coefficient (Wildman–Crippen LogP) is 4.72. The lowest BCUT2D eigenvalue weighted by atomic mass is 9.93. The molecule has 3 aromatic rings. The first-order chi connectivity index (χ1) is 16.1. The summed E-state index contributed by atoms with van der Waals surface area (Å²) in [6, 6.07) is 22.1. The van der Waals surface area contributed by atoms with Crippen LogP contribution in [0.2, 0.25) is 0 Å². The molecule has 0 aromatic heterocycles. The van der Waals surface area contributed by atoms with Gasteiger partial charge in [-0.25, -0.2) is 4.79 Å². The highest BCUT2D eigenvalue weighted by Gasteiger charge is 2.29. The van der Waals surface area contributed by atoms with Crippen LogP contribution in [0.1, 0.15) is 40.5 Å². The van der Waals surface area contributed by atoms with E-state index in [0.717, 1.165) is 34.4 Å². The van der Waals surface area contributed by atoms with Gasteiger partial charge in [0, 0.05) is 24.8 Å². The van der Waals surface area contributed by atoms with E-state index >= 15 is 0 Å².